The van der Waals surface area contributed by atoms with E-state index in [2.05, 4.69) is 28.9 Å². The summed E-state index contributed by atoms with van der Waals surface area (Å²) in [6, 6.07) is 21.5. The molecule has 0 fully saturated rings. The molecule has 3 aromatic carbocycles. The molecule has 4 unspecified atom stereocenters. The van der Waals surface area contributed by atoms with Crippen LogP contribution in [0, 0.1) is 5.92 Å². The van der Waals surface area contributed by atoms with Gasteiger partial charge in [-0.3, -0.25) is 4.79 Å². The second-order valence-corrected chi connectivity index (χ2v) is 9.36. The van der Waals surface area contributed by atoms with E-state index in [1.54, 1.807) is 6.07 Å². The van der Waals surface area contributed by atoms with Crippen LogP contribution in [0.5, 0.6) is 0 Å². The molecule has 4 atom stereocenters. The van der Waals surface area contributed by atoms with Gasteiger partial charge in [0.2, 0.25) is 0 Å². The lowest BCUT2D eigenvalue weighted by atomic mass is 9.76. The van der Waals surface area contributed by atoms with Crippen molar-refractivity contribution in [1.82, 2.24) is 5.32 Å². The number of hydrogen-bond donors (Lipinski definition) is 2. The Hall–Kier alpha value is -2.75. The maximum atomic E-state index is 13.3. The molecule has 32 heavy (non-hydrogen) atoms. The second kappa shape index (κ2) is 8.65. The SMILES string of the molecule is CC(NC(=O)c1cccc2c1NC(c1ccc(Cl)cc1Cl)C1CC=CC21)c1ccccc1. The molecule has 1 heterocycles. The topological polar surface area (TPSA) is 41.1 Å². The molecule has 162 valence electrons. The molecule has 0 spiro atoms. The van der Waals surface area contributed by atoms with Crippen LogP contribution in [0.1, 0.15) is 58.4 Å². The molecule has 3 aromatic rings. The zero-order valence-electron chi connectivity index (χ0n) is 17.7. The largest absolute Gasteiger partial charge is 0.377 e. The van der Waals surface area contributed by atoms with E-state index >= 15 is 0 Å². The number of fused-ring (bicyclic) bond motifs is 3. The van der Waals surface area contributed by atoms with E-state index in [-0.39, 0.29) is 23.9 Å². The monoisotopic (exact) mass is 462 g/mol. The fourth-order valence-electron chi connectivity index (χ4n) is 4.97. The van der Waals surface area contributed by atoms with E-state index in [4.69, 9.17) is 23.2 Å². The van der Waals surface area contributed by atoms with E-state index in [1.807, 2.05) is 61.5 Å². The maximum Gasteiger partial charge on any atom is 0.253 e. The van der Waals surface area contributed by atoms with Gasteiger partial charge in [0.15, 0.2) is 0 Å². The number of para-hydroxylation sites is 1. The molecule has 3 nitrogen and oxygen atoms in total. The van der Waals surface area contributed by atoms with E-state index in [9.17, 15) is 4.79 Å². The smallest absolute Gasteiger partial charge is 0.253 e. The predicted octanol–water partition coefficient (Wildman–Crippen LogP) is 7.31. The predicted molar refractivity (Wildman–Crippen MR) is 132 cm³/mol. The number of benzene rings is 3. The van der Waals surface area contributed by atoms with Crippen LogP contribution < -0.4 is 10.6 Å². The molecule has 5 rings (SSSR count). The highest BCUT2D eigenvalue weighted by Crippen LogP contribution is 2.51. The van der Waals surface area contributed by atoms with Crippen molar-refractivity contribution in [2.24, 2.45) is 5.92 Å². The Morgan fingerprint density at radius 2 is 1.84 bits per heavy atom. The summed E-state index contributed by atoms with van der Waals surface area (Å²) < 4.78 is 0. The number of anilines is 1. The summed E-state index contributed by atoms with van der Waals surface area (Å²) in [6.07, 6.45) is 5.45. The van der Waals surface area contributed by atoms with Gasteiger partial charge in [0.05, 0.1) is 23.3 Å². The number of allylic oxidation sites excluding steroid dienone is 2. The van der Waals surface area contributed by atoms with Crippen molar-refractivity contribution < 1.29 is 4.79 Å². The minimum atomic E-state index is -0.0937. The van der Waals surface area contributed by atoms with E-state index in [1.165, 1.54) is 0 Å². The minimum Gasteiger partial charge on any atom is -0.377 e. The molecule has 1 aliphatic heterocycles. The Balaban J connectivity index is 1.50. The van der Waals surface area contributed by atoms with Crippen LogP contribution in [0.15, 0.2) is 78.9 Å². The van der Waals surface area contributed by atoms with Gasteiger partial charge in [-0.05, 0) is 54.2 Å². The first kappa shape index (κ1) is 21.1. The molecular weight excluding hydrogens is 439 g/mol. The summed E-state index contributed by atoms with van der Waals surface area (Å²) in [5.74, 6) is 0.483. The van der Waals surface area contributed by atoms with Crippen LogP contribution in [0.2, 0.25) is 10.0 Å². The highest BCUT2D eigenvalue weighted by molar-refractivity contribution is 6.35. The number of hydrogen-bond acceptors (Lipinski definition) is 2. The fourth-order valence-corrected chi connectivity index (χ4v) is 5.50. The highest BCUT2D eigenvalue weighted by Gasteiger charge is 2.40. The number of amides is 1. The van der Waals surface area contributed by atoms with Crippen molar-refractivity contribution in [3.8, 4) is 0 Å². The molecule has 0 radical (unpaired) electrons. The Morgan fingerprint density at radius 3 is 2.62 bits per heavy atom. The summed E-state index contributed by atoms with van der Waals surface area (Å²) in [5, 5.41) is 8.09. The van der Waals surface area contributed by atoms with Crippen LogP contribution in [0.3, 0.4) is 0 Å². The number of nitrogens with one attached hydrogen (secondary N) is 2. The summed E-state index contributed by atoms with van der Waals surface area (Å²) >= 11 is 12.7. The van der Waals surface area contributed by atoms with Gasteiger partial charge in [0.1, 0.15) is 0 Å². The van der Waals surface area contributed by atoms with Gasteiger partial charge in [-0.25, -0.2) is 0 Å². The summed E-state index contributed by atoms with van der Waals surface area (Å²) in [5.41, 5.74) is 4.77. The van der Waals surface area contributed by atoms with Crippen molar-refractivity contribution in [3.05, 3.63) is 111 Å². The Bertz CT molecular complexity index is 1190. The quantitative estimate of drug-likeness (QED) is 0.399. The van der Waals surface area contributed by atoms with Gasteiger partial charge in [0.25, 0.3) is 5.91 Å². The lowest BCUT2D eigenvalue weighted by molar-refractivity contribution is 0.0940. The van der Waals surface area contributed by atoms with Crippen LogP contribution in [-0.4, -0.2) is 5.91 Å². The Labute approximate surface area is 198 Å². The standard InChI is InChI=1S/C27H24Cl2N2O/c1-16(17-7-3-2-4-8-17)30-27(32)23-12-6-11-21-19-9-5-10-20(19)25(31-26(21)23)22-14-13-18(28)15-24(22)29/h2-9,11-16,19-20,25,31H,10H2,1H3,(H,30,32). The number of halogens is 2. The third-order valence-electron chi connectivity index (χ3n) is 6.59. The first-order valence-electron chi connectivity index (χ1n) is 10.9. The number of carbonyl (C=O) groups is 1. The van der Waals surface area contributed by atoms with Gasteiger partial charge in [-0.15, -0.1) is 0 Å². The van der Waals surface area contributed by atoms with Crippen molar-refractivity contribution in [2.75, 3.05) is 5.32 Å². The van der Waals surface area contributed by atoms with Gasteiger partial charge in [0, 0.05) is 16.0 Å². The normalized spacial score (nSPS) is 21.9. The minimum absolute atomic E-state index is 0.00670. The second-order valence-electron chi connectivity index (χ2n) is 8.52. The molecule has 1 amide bonds. The number of rotatable bonds is 4. The zero-order chi connectivity index (χ0) is 22.2. The molecule has 2 aliphatic rings. The summed E-state index contributed by atoms with van der Waals surface area (Å²) in [4.78, 5) is 13.3. The summed E-state index contributed by atoms with van der Waals surface area (Å²) in [6.45, 7) is 2.00. The molecule has 2 N–H and O–H groups in total. The molecule has 1 aliphatic carbocycles. The fraction of sp³-hybridized carbons (Fsp3) is 0.222. The Kier molecular flexibility index (Phi) is 5.71. The average Bonchev–Trinajstić information content (AvgIpc) is 3.29. The molecular formula is C27H24Cl2N2O. The maximum absolute atomic E-state index is 13.3. The van der Waals surface area contributed by atoms with E-state index in [0.717, 1.165) is 28.8 Å². The molecule has 0 saturated carbocycles. The van der Waals surface area contributed by atoms with Crippen molar-refractivity contribution in [1.29, 1.82) is 0 Å². The van der Waals surface area contributed by atoms with Crippen LogP contribution in [0.4, 0.5) is 5.69 Å². The highest BCUT2D eigenvalue weighted by atomic mass is 35.5. The van der Waals surface area contributed by atoms with Gasteiger partial charge >= 0.3 is 0 Å². The first-order chi connectivity index (χ1) is 15.5. The van der Waals surface area contributed by atoms with Crippen LogP contribution >= 0.6 is 23.2 Å². The Morgan fingerprint density at radius 1 is 1.03 bits per heavy atom. The van der Waals surface area contributed by atoms with Gasteiger partial charge in [-0.1, -0.05) is 83.9 Å². The van der Waals surface area contributed by atoms with Crippen molar-refractivity contribution in [3.63, 3.8) is 0 Å². The van der Waals surface area contributed by atoms with Crippen LogP contribution in [0.25, 0.3) is 0 Å². The van der Waals surface area contributed by atoms with E-state index < -0.39 is 0 Å². The molecule has 0 aromatic heterocycles. The lowest BCUT2D eigenvalue weighted by Gasteiger charge is -2.38. The lowest BCUT2D eigenvalue weighted by Crippen LogP contribution is -2.33. The molecule has 0 bridgehead atoms. The summed E-state index contributed by atoms with van der Waals surface area (Å²) in [7, 11) is 0. The molecule has 5 heteroatoms. The third-order valence-corrected chi connectivity index (χ3v) is 7.15. The van der Waals surface area contributed by atoms with Gasteiger partial charge < -0.3 is 10.6 Å². The molecule has 0 saturated heterocycles. The van der Waals surface area contributed by atoms with Crippen LogP contribution in [-0.2, 0) is 0 Å². The third kappa shape index (κ3) is 3.80. The van der Waals surface area contributed by atoms with E-state index in [0.29, 0.717) is 21.5 Å². The zero-order valence-corrected chi connectivity index (χ0v) is 19.2. The first-order valence-corrected chi connectivity index (χ1v) is 11.7. The van der Waals surface area contributed by atoms with Crippen molar-refractivity contribution in [2.45, 2.75) is 31.3 Å². The van der Waals surface area contributed by atoms with Gasteiger partial charge in [-0.2, -0.15) is 0 Å². The number of carbonyl (C=O) groups excluding carboxylic acids is 1. The van der Waals surface area contributed by atoms with Crippen molar-refractivity contribution >= 4 is 34.8 Å². The average molecular weight is 463 g/mol.